The van der Waals surface area contributed by atoms with Crippen LogP contribution in [0.4, 0.5) is 0 Å². The zero-order valence-corrected chi connectivity index (χ0v) is 11.6. The number of nitrogens with two attached hydrogens (primary N) is 1. The van der Waals surface area contributed by atoms with Gasteiger partial charge in [0.15, 0.2) is 0 Å². The van der Waals surface area contributed by atoms with Crippen LogP contribution >= 0.6 is 11.8 Å². The van der Waals surface area contributed by atoms with Gasteiger partial charge in [-0.15, -0.1) is 0 Å². The summed E-state index contributed by atoms with van der Waals surface area (Å²) in [5.41, 5.74) is 5.47. The summed E-state index contributed by atoms with van der Waals surface area (Å²) >= 11 is 1.82. The highest BCUT2D eigenvalue weighted by Gasteiger charge is 2.09. The molecule has 2 unspecified atom stereocenters. The number of rotatable bonds is 9. The van der Waals surface area contributed by atoms with E-state index in [0.717, 1.165) is 25.0 Å². The number of carbonyl (C=O) groups excluding carboxylic acids is 1. The van der Waals surface area contributed by atoms with Crippen LogP contribution in [0.2, 0.25) is 0 Å². The predicted molar refractivity (Wildman–Crippen MR) is 72.7 cm³/mol. The molecule has 0 aromatic carbocycles. The van der Waals surface area contributed by atoms with Gasteiger partial charge in [0, 0.05) is 12.5 Å². The summed E-state index contributed by atoms with van der Waals surface area (Å²) in [4.78, 5) is 11.6. The summed E-state index contributed by atoms with van der Waals surface area (Å²) in [5, 5.41) is 3.03. The molecule has 2 atom stereocenters. The Balaban J connectivity index is 3.57. The van der Waals surface area contributed by atoms with Crippen LogP contribution in [0.15, 0.2) is 0 Å². The van der Waals surface area contributed by atoms with E-state index in [1.165, 1.54) is 0 Å². The van der Waals surface area contributed by atoms with Crippen LogP contribution in [-0.4, -0.2) is 30.5 Å². The van der Waals surface area contributed by atoms with E-state index >= 15 is 0 Å². The Bertz CT molecular complexity index is 188. The number of thioether (sulfide) groups is 1. The summed E-state index contributed by atoms with van der Waals surface area (Å²) in [6.07, 6.45) is 5.71. The summed E-state index contributed by atoms with van der Waals surface area (Å²) in [5.74, 6) is 1.83. The molecule has 0 saturated carbocycles. The third kappa shape index (κ3) is 9.04. The van der Waals surface area contributed by atoms with Crippen LogP contribution in [-0.2, 0) is 4.79 Å². The number of amides is 1. The van der Waals surface area contributed by atoms with Crippen molar-refractivity contribution in [2.45, 2.75) is 45.6 Å². The third-order valence-electron chi connectivity index (χ3n) is 2.69. The van der Waals surface area contributed by atoms with Crippen LogP contribution in [0, 0.1) is 5.92 Å². The van der Waals surface area contributed by atoms with Crippen molar-refractivity contribution in [2.75, 3.05) is 18.6 Å². The van der Waals surface area contributed by atoms with Gasteiger partial charge in [-0.1, -0.05) is 6.92 Å². The minimum atomic E-state index is 0.178. The van der Waals surface area contributed by atoms with Gasteiger partial charge in [-0.2, -0.15) is 11.8 Å². The van der Waals surface area contributed by atoms with Crippen molar-refractivity contribution in [1.29, 1.82) is 0 Å². The molecule has 0 radical (unpaired) electrons. The lowest BCUT2D eigenvalue weighted by Gasteiger charge is -2.14. The summed E-state index contributed by atoms with van der Waals surface area (Å²) in [6, 6.07) is 0.296. The molecule has 3 N–H and O–H groups in total. The number of nitrogens with one attached hydrogen (secondary N) is 1. The fourth-order valence-corrected chi connectivity index (χ4v) is 2.11. The number of hydrogen-bond donors (Lipinski definition) is 2. The van der Waals surface area contributed by atoms with E-state index in [2.05, 4.69) is 25.4 Å². The van der Waals surface area contributed by atoms with E-state index in [9.17, 15) is 4.79 Å². The van der Waals surface area contributed by atoms with Crippen LogP contribution in [0.3, 0.4) is 0 Å². The van der Waals surface area contributed by atoms with Crippen molar-refractivity contribution in [3.05, 3.63) is 0 Å². The van der Waals surface area contributed by atoms with Gasteiger partial charge < -0.3 is 11.1 Å². The van der Waals surface area contributed by atoms with Crippen molar-refractivity contribution in [2.24, 2.45) is 11.7 Å². The molecule has 3 nitrogen and oxygen atoms in total. The van der Waals surface area contributed by atoms with Crippen molar-refractivity contribution >= 4 is 17.7 Å². The molecule has 0 heterocycles. The smallest absolute Gasteiger partial charge is 0.220 e. The van der Waals surface area contributed by atoms with Gasteiger partial charge in [0.2, 0.25) is 5.91 Å². The first-order chi connectivity index (χ1) is 7.60. The minimum Gasteiger partial charge on any atom is -0.354 e. The molecule has 1 amide bonds. The van der Waals surface area contributed by atoms with Crippen molar-refractivity contribution in [1.82, 2.24) is 5.32 Å². The second kappa shape index (κ2) is 9.97. The zero-order valence-electron chi connectivity index (χ0n) is 10.8. The predicted octanol–water partition coefficient (Wildman–Crippen LogP) is 2.01. The Kier molecular flexibility index (Phi) is 9.83. The normalized spacial score (nSPS) is 14.5. The average molecular weight is 246 g/mol. The molecule has 0 aliphatic rings. The lowest BCUT2D eigenvalue weighted by molar-refractivity contribution is -0.122. The number of carbonyl (C=O) groups is 1. The fraction of sp³-hybridized carbons (Fsp3) is 0.917. The van der Waals surface area contributed by atoms with E-state index < -0.39 is 0 Å². The van der Waals surface area contributed by atoms with Gasteiger partial charge in [0.05, 0.1) is 0 Å². The molecule has 0 bridgehead atoms. The third-order valence-corrected chi connectivity index (χ3v) is 3.33. The highest BCUT2D eigenvalue weighted by atomic mass is 32.2. The summed E-state index contributed by atoms with van der Waals surface area (Å²) in [6.45, 7) is 4.93. The van der Waals surface area contributed by atoms with Gasteiger partial charge >= 0.3 is 0 Å². The first-order valence-electron chi connectivity index (χ1n) is 6.08. The Morgan fingerprint density at radius 2 is 2.00 bits per heavy atom. The topological polar surface area (TPSA) is 55.1 Å². The van der Waals surface area contributed by atoms with Gasteiger partial charge in [-0.25, -0.2) is 0 Å². The maximum Gasteiger partial charge on any atom is 0.220 e. The molecule has 4 heteroatoms. The van der Waals surface area contributed by atoms with E-state index in [0.29, 0.717) is 24.9 Å². The molecule has 0 aromatic heterocycles. The molecule has 96 valence electrons. The standard InChI is InChI=1S/C12H26N2OS/c1-10(6-8-13)4-5-12(15)14-11(2)7-9-16-3/h10-11H,4-9,13H2,1-3H3,(H,14,15). The van der Waals surface area contributed by atoms with Crippen LogP contribution in [0.5, 0.6) is 0 Å². The maximum atomic E-state index is 11.6. The summed E-state index contributed by atoms with van der Waals surface area (Å²) in [7, 11) is 0. The number of hydrogen-bond acceptors (Lipinski definition) is 3. The van der Waals surface area contributed by atoms with Crippen LogP contribution in [0.1, 0.15) is 39.5 Å². The Morgan fingerprint density at radius 1 is 1.31 bits per heavy atom. The highest BCUT2D eigenvalue weighted by molar-refractivity contribution is 7.98. The first kappa shape index (κ1) is 15.8. The van der Waals surface area contributed by atoms with Crippen molar-refractivity contribution in [3.8, 4) is 0 Å². The van der Waals surface area contributed by atoms with E-state index in [1.807, 2.05) is 11.8 Å². The Morgan fingerprint density at radius 3 is 2.56 bits per heavy atom. The van der Waals surface area contributed by atoms with E-state index in [4.69, 9.17) is 5.73 Å². The lowest BCUT2D eigenvalue weighted by Crippen LogP contribution is -2.33. The van der Waals surface area contributed by atoms with Crippen molar-refractivity contribution < 1.29 is 4.79 Å². The summed E-state index contributed by atoms with van der Waals surface area (Å²) < 4.78 is 0. The van der Waals surface area contributed by atoms with E-state index in [-0.39, 0.29) is 5.91 Å². The molecular formula is C12H26N2OS. The molecule has 0 aromatic rings. The lowest BCUT2D eigenvalue weighted by atomic mass is 10.0. The molecule has 0 spiro atoms. The molecule has 0 saturated heterocycles. The van der Waals surface area contributed by atoms with Gasteiger partial charge in [0.1, 0.15) is 0 Å². The van der Waals surface area contributed by atoms with Gasteiger partial charge in [-0.05, 0) is 50.7 Å². The SMILES string of the molecule is CSCCC(C)NC(=O)CCC(C)CCN. The van der Waals surface area contributed by atoms with E-state index in [1.54, 1.807) is 0 Å². The molecule has 0 aliphatic carbocycles. The second-order valence-electron chi connectivity index (χ2n) is 4.47. The molecule has 16 heavy (non-hydrogen) atoms. The second-order valence-corrected chi connectivity index (χ2v) is 5.46. The molecular weight excluding hydrogens is 220 g/mol. The fourth-order valence-electron chi connectivity index (χ4n) is 1.52. The van der Waals surface area contributed by atoms with Crippen LogP contribution < -0.4 is 11.1 Å². The largest absolute Gasteiger partial charge is 0.354 e. The first-order valence-corrected chi connectivity index (χ1v) is 7.47. The maximum absolute atomic E-state index is 11.6. The molecule has 0 aliphatic heterocycles. The zero-order chi connectivity index (χ0) is 12.4. The van der Waals surface area contributed by atoms with Crippen LogP contribution in [0.25, 0.3) is 0 Å². The Hall–Kier alpha value is -0.220. The minimum absolute atomic E-state index is 0.178. The highest BCUT2D eigenvalue weighted by Crippen LogP contribution is 2.09. The monoisotopic (exact) mass is 246 g/mol. The molecule has 0 fully saturated rings. The molecule has 0 rings (SSSR count). The van der Waals surface area contributed by atoms with Gasteiger partial charge in [-0.3, -0.25) is 4.79 Å². The quantitative estimate of drug-likeness (QED) is 0.654. The van der Waals surface area contributed by atoms with Crippen molar-refractivity contribution in [3.63, 3.8) is 0 Å². The Labute approximate surface area is 104 Å². The van der Waals surface area contributed by atoms with Gasteiger partial charge in [0.25, 0.3) is 0 Å². The average Bonchev–Trinajstić information content (AvgIpc) is 2.24.